The molecule has 378 valence electrons. The summed E-state index contributed by atoms with van der Waals surface area (Å²) in [6.07, 6.45) is -4.90. The number of nitriles is 1. The molecule has 0 N–H and O–H groups in total. The Kier molecular flexibility index (Phi) is 11.4. The van der Waals surface area contributed by atoms with Crippen LogP contribution in [0.25, 0.3) is 117 Å². The number of halogens is 3. The van der Waals surface area contributed by atoms with Gasteiger partial charge in [0.2, 0.25) is 0 Å². The van der Waals surface area contributed by atoms with E-state index in [1.54, 1.807) is 67.5 Å². The van der Waals surface area contributed by atoms with Gasteiger partial charge in [-0.05, 0) is 146 Å². The number of fused-ring (bicyclic) bond motifs is 6. The lowest BCUT2D eigenvalue weighted by atomic mass is 9.92. The van der Waals surface area contributed by atoms with Crippen molar-refractivity contribution in [1.82, 2.24) is 68.9 Å². The van der Waals surface area contributed by atoms with Gasteiger partial charge in [-0.25, -0.2) is 64.7 Å². The molecule has 0 aliphatic rings. The number of aromatic nitrogens is 14. The van der Waals surface area contributed by atoms with Crippen LogP contribution in [0.2, 0.25) is 0 Å². The Hall–Kier alpha value is -10.3. The minimum absolute atomic E-state index is 0.0859. The van der Waals surface area contributed by atoms with Crippen molar-refractivity contribution in [1.29, 1.82) is 5.26 Å². The molecular formula is C59H41F3N16. The first-order valence-corrected chi connectivity index (χ1v) is 24.5. The van der Waals surface area contributed by atoms with Crippen LogP contribution in [0, 0.1) is 73.3 Å². The van der Waals surface area contributed by atoms with Gasteiger partial charge in [-0.1, -0.05) is 18.2 Å². The first kappa shape index (κ1) is 48.7. The van der Waals surface area contributed by atoms with E-state index >= 15 is 13.2 Å². The Morgan fingerprint density at radius 2 is 0.756 bits per heavy atom. The van der Waals surface area contributed by atoms with E-state index in [2.05, 4.69) is 30.9 Å². The van der Waals surface area contributed by atoms with E-state index in [9.17, 15) is 5.26 Å². The van der Waals surface area contributed by atoms with Crippen molar-refractivity contribution in [2.75, 3.05) is 0 Å². The molecule has 6 heterocycles. The van der Waals surface area contributed by atoms with Gasteiger partial charge in [-0.15, -0.1) is 0 Å². The smallest absolute Gasteiger partial charge is 0.307 e. The van der Waals surface area contributed by atoms with Crippen molar-refractivity contribution in [3.63, 3.8) is 0 Å². The monoisotopic (exact) mass is 1030 g/mol. The maximum atomic E-state index is 15.3. The minimum Gasteiger partial charge on any atom is -0.307 e. The Morgan fingerprint density at radius 1 is 0.436 bits per heavy atom. The average molecular weight is 1030 g/mol. The second-order valence-electron chi connectivity index (χ2n) is 18.9. The summed E-state index contributed by atoms with van der Waals surface area (Å²) in [5.74, 6) is 6.19. The topological polar surface area (TPSA) is 193 Å². The molecule has 12 rings (SSSR count). The number of alkyl halides is 3. The molecule has 0 saturated carbocycles. The van der Waals surface area contributed by atoms with Gasteiger partial charge in [0.05, 0.1) is 57.2 Å². The van der Waals surface area contributed by atoms with Crippen LogP contribution >= 0.6 is 0 Å². The third-order valence-corrected chi connectivity index (χ3v) is 13.5. The van der Waals surface area contributed by atoms with Gasteiger partial charge < -0.3 is 9.13 Å². The second kappa shape index (κ2) is 18.2. The van der Waals surface area contributed by atoms with Gasteiger partial charge in [0, 0.05) is 49.4 Å². The predicted molar refractivity (Wildman–Crippen MR) is 290 cm³/mol. The van der Waals surface area contributed by atoms with E-state index < -0.39 is 17.3 Å². The van der Waals surface area contributed by atoms with E-state index in [4.69, 9.17) is 46.4 Å². The summed E-state index contributed by atoms with van der Waals surface area (Å²) in [6, 6.07) is 32.2. The zero-order chi connectivity index (χ0) is 54.5. The minimum atomic E-state index is -4.90. The van der Waals surface area contributed by atoms with Gasteiger partial charge >= 0.3 is 6.18 Å². The molecular weight excluding hydrogens is 990 g/mol. The number of hydrogen-bond acceptors (Lipinski definition) is 13. The highest BCUT2D eigenvalue weighted by atomic mass is 19.4. The fraction of sp³-hybridized carbons (Fsp3) is 0.153. The average Bonchev–Trinajstić information content (AvgIpc) is 4.14. The standard InChI is InChI=1S/C59H41F3N16/c1-28-65-29(2)70-55(69-28)36-13-17-48-42(21-36)43-22-37(56-71-30(3)66-31(4)72-56)14-18-49(43)77(48)52-25-40(27-63)41(54-46(59(60,61)62)11-10-12-47(54)64-9)26-53(52)78-50-19-15-38(57-73-32(5)67-33(6)74-57)23-44(50)45-24-39(16-20-51(45)78)58-75-34(7)68-35(8)76-58/h10-26H,1-8H3. The number of benzene rings is 6. The molecule has 0 atom stereocenters. The summed E-state index contributed by atoms with van der Waals surface area (Å²) in [7, 11) is 0. The normalized spacial score (nSPS) is 11.8. The molecule has 0 saturated heterocycles. The van der Waals surface area contributed by atoms with Crippen LogP contribution < -0.4 is 0 Å². The van der Waals surface area contributed by atoms with Crippen molar-refractivity contribution in [3.8, 4) is 74.1 Å². The summed E-state index contributed by atoms with van der Waals surface area (Å²) >= 11 is 0. The molecule has 19 heteroatoms. The van der Waals surface area contributed by atoms with E-state index in [1.165, 1.54) is 12.1 Å². The van der Waals surface area contributed by atoms with E-state index in [0.29, 0.717) is 126 Å². The lowest BCUT2D eigenvalue weighted by molar-refractivity contribution is -0.137. The van der Waals surface area contributed by atoms with E-state index in [0.717, 1.165) is 27.6 Å². The molecule has 12 aromatic rings. The van der Waals surface area contributed by atoms with Gasteiger partial charge in [0.25, 0.3) is 0 Å². The SMILES string of the molecule is [C-]#[N+]c1cccc(C(F)(F)F)c1-c1cc(-n2c3ccc(-c4nc(C)nc(C)n4)cc3c3cc(-c4nc(C)nc(C)n4)ccc32)c(-n2c3ccc(-c4nc(C)nc(C)n4)cc3c3cc(-c4nc(C)nc(C)n4)ccc32)cc1C#N. The summed E-state index contributed by atoms with van der Waals surface area (Å²) in [5.41, 5.74) is 4.33. The molecule has 0 bridgehead atoms. The molecule has 0 amide bonds. The van der Waals surface area contributed by atoms with Crippen molar-refractivity contribution < 1.29 is 13.2 Å². The molecule has 0 radical (unpaired) electrons. The number of rotatable bonds is 7. The zero-order valence-corrected chi connectivity index (χ0v) is 43.1. The van der Waals surface area contributed by atoms with Crippen LogP contribution in [0.5, 0.6) is 0 Å². The number of hydrogen-bond donors (Lipinski definition) is 0. The first-order valence-electron chi connectivity index (χ1n) is 24.5. The highest BCUT2D eigenvalue weighted by Gasteiger charge is 2.36. The predicted octanol–water partition coefficient (Wildman–Crippen LogP) is 12.9. The highest BCUT2D eigenvalue weighted by molar-refractivity contribution is 6.14. The molecule has 0 unspecified atom stereocenters. The fourth-order valence-electron chi connectivity index (χ4n) is 10.5. The van der Waals surface area contributed by atoms with E-state index in [-0.39, 0.29) is 16.8 Å². The van der Waals surface area contributed by atoms with Gasteiger partial charge in [-0.2, -0.15) is 18.4 Å². The van der Waals surface area contributed by atoms with Crippen LogP contribution in [-0.4, -0.2) is 68.9 Å². The summed E-state index contributed by atoms with van der Waals surface area (Å²) in [6.45, 7) is 22.6. The quantitative estimate of drug-likeness (QED) is 0.137. The van der Waals surface area contributed by atoms with Gasteiger partial charge in [0.15, 0.2) is 29.0 Å². The largest absolute Gasteiger partial charge is 0.415 e. The third kappa shape index (κ3) is 8.34. The Bertz CT molecular complexity index is 4340. The van der Waals surface area contributed by atoms with Crippen molar-refractivity contribution in [2.24, 2.45) is 0 Å². The fourth-order valence-corrected chi connectivity index (χ4v) is 10.5. The van der Waals surface area contributed by atoms with Gasteiger partial charge in [-0.3, -0.25) is 0 Å². The lowest BCUT2D eigenvalue weighted by Crippen LogP contribution is -2.09. The molecule has 6 aromatic heterocycles. The zero-order valence-electron chi connectivity index (χ0n) is 43.1. The maximum absolute atomic E-state index is 15.3. The van der Waals surface area contributed by atoms with Crippen molar-refractivity contribution in [3.05, 3.63) is 172 Å². The lowest BCUT2D eigenvalue weighted by Gasteiger charge is -2.21. The van der Waals surface area contributed by atoms with Crippen LogP contribution in [-0.2, 0) is 6.18 Å². The highest BCUT2D eigenvalue weighted by Crippen LogP contribution is 2.48. The van der Waals surface area contributed by atoms with Crippen LogP contribution in [0.1, 0.15) is 57.7 Å². The van der Waals surface area contributed by atoms with Crippen LogP contribution in [0.3, 0.4) is 0 Å². The Labute approximate surface area is 443 Å². The van der Waals surface area contributed by atoms with E-state index in [1.807, 2.05) is 81.9 Å². The Balaban J connectivity index is 1.24. The van der Waals surface area contributed by atoms with Crippen molar-refractivity contribution >= 4 is 49.3 Å². The van der Waals surface area contributed by atoms with Crippen molar-refractivity contribution in [2.45, 2.75) is 61.6 Å². The second-order valence-corrected chi connectivity index (χ2v) is 18.9. The Morgan fingerprint density at radius 3 is 1.05 bits per heavy atom. The molecule has 0 aliphatic heterocycles. The maximum Gasteiger partial charge on any atom is 0.415 e. The van der Waals surface area contributed by atoms with Crippen LogP contribution in [0.4, 0.5) is 18.9 Å². The molecule has 0 spiro atoms. The molecule has 16 nitrogen and oxygen atoms in total. The summed E-state index contributed by atoms with van der Waals surface area (Å²) < 4.78 is 50.0. The summed E-state index contributed by atoms with van der Waals surface area (Å²) in [4.78, 5) is 58.8. The molecule has 0 aliphatic carbocycles. The number of aryl methyl sites for hydroxylation is 8. The third-order valence-electron chi connectivity index (χ3n) is 13.5. The molecule has 0 fully saturated rings. The van der Waals surface area contributed by atoms with Gasteiger partial charge in [0.1, 0.15) is 46.6 Å². The number of nitrogens with zero attached hydrogens (tertiary/aromatic N) is 16. The summed E-state index contributed by atoms with van der Waals surface area (Å²) in [5, 5.41) is 14.2. The molecule has 6 aromatic carbocycles. The molecule has 78 heavy (non-hydrogen) atoms. The first-order chi connectivity index (χ1) is 37.4. The van der Waals surface area contributed by atoms with Crippen LogP contribution in [0.15, 0.2) is 103 Å².